The molecular formula is C25H27ClN4O3S2. The summed E-state index contributed by atoms with van der Waals surface area (Å²) in [6.45, 7) is 6.12. The van der Waals surface area contributed by atoms with Gasteiger partial charge in [-0.25, -0.2) is 9.78 Å². The maximum atomic E-state index is 12.4. The second-order valence-corrected chi connectivity index (χ2v) is 11.7. The highest BCUT2D eigenvalue weighted by Crippen LogP contribution is 2.29. The topological polar surface area (TPSA) is 74.8 Å². The third-order valence-corrected chi connectivity index (χ3v) is 8.57. The molecule has 2 aliphatic rings. The number of nitrogens with one attached hydrogen (secondary N) is 1. The number of halogens is 1. The molecule has 2 saturated heterocycles. The van der Waals surface area contributed by atoms with Crippen molar-refractivity contribution < 1.29 is 14.3 Å². The first-order chi connectivity index (χ1) is 16.9. The number of hydrogen-bond acceptors (Lipinski definition) is 7. The number of anilines is 1. The van der Waals surface area contributed by atoms with Crippen LogP contribution in [0.1, 0.15) is 35.1 Å². The van der Waals surface area contributed by atoms with Crippen LogP contribution in [0.4, 0.5) is 10.5 Å². The number of likely N-dealkylation sites (tertiary alicyclic amines) is 1. The van der Waals surface area contributed by atoms with Gasteiger partial charge in [0.2, 0.25) is 0 Å². The Morgan fingerprint density at radius 2 is 1.97 bits per heavy atom. The molecule has 3 aromatic rings. The number of carbonyl (C=O) groups is 2. The van der Waals surface area contributed by atoms with Gasteiger partial charge in [-0.05, 0) is 68.2 Å². The van der Waals surface area contributed by atoms with Crippen molar-refractivity contribution in [3.8, 4) is 10.6 Å². The van der Waals surface area contributed by atoms with E-state index in [0.29, 0.717) is 15.8 Å². The van der Waals surface area contributed by atoms with E-state index in [1.54, 1.807) is 28.4 Å². The number of amides is 2. The van der Waals surface area contributed by atoms with E-state index in [4.69, 9.17) is 21.3 Å². The summed E-state index contributed by atoms with van der Waals surface area (Å²) in [7, 11) is 0. The summed E-state index contributed by atoms with van der Waals surface area (Å²) in [5, 5.41) is 5.93. The highest BCUT2D eigenvalue weighted by atomic mass is 35.5. The average Bonchev–Trinajstić information content (AvgIpc) is 3.59. The molecule has 1 N–H and O–H groups in total. The van der Waals surface area contributed by atoms with Crippen molar-refractivity contribution in [2.75, 3.05) is 31.1 Å². The van der Waals surface area contributed by atoms with Crippen molar-refractivity contribution >= 4 is 52.0 Å². The Morgan fingerprint density at radius 1 is 1.20 bits per heavy atom. The molecule has 2 amide bonds. The second-order valence-electron chi connectivity index (χ2n) is 9.08. The number of aromatic nitrogens is 1. The quantitative estimate of drug-likeness (QED) is 0.436. The normalized spacial score (nSPS) is 19.2. The fraction of sp³-hybridized carbons (Fsp3) is 0.400. The number of rotatable bonds is 7. The molecule has 1 aromatic carbocycles. The molecule has 2 aromatic heterocycles. The van der Waals surface area contributed by atoms with Gasteiger partial charge in [0.1, 0.15) is 11.1 Å². The minimum Gasteiger partial charge on any atom is -0.442 e. The Kier molecular flexibility index (Phi) is 7.38. The molecule has 2 fully saturated rings. The first-order valence-electron chi connectivity index (χ1n) is 11.7. The van der Waals surface area contributed by atoms with E-state index in [1.807, 2.05) is 24.3 Å². The van der Waals surface area contributed by atoms with Gasteiger partial charge in [0.15, 0.2) is 0 Å². The molecule has 10 heteroatoms. The molecule has 1 atom stereocenters. The molecule has 35 heavy (non-hydrogen) atoms. The van der Waals surface area contributed by atoms with E-state index in [-0.39, 0.29) is 12.5 Å². The van der Waals surface area contributed by atoms with E-state index < -0.39 is 12.2 Å². The third kappa shape index (κ3) is 5.86. The highest BCUT2D eigenvalue weighted by molar-refractivity contribution is 7.18. The Hall–Kier alpha value is -2.46. The number of ether oxygens (including phenoxy) is 1. The van der Waals surface area contributed by atoms with Crippen molar-refractivity contribution in [3.05, 3.63) is 56.7 Å². The SMILES string of the molecule is CC1CCN(Cc2csc(-c3ccc(N4C[C@H](CNC(=O)c5ccc(Cl)s5)OC4=O)cc3)n2)CC1. The van der Waals surface area contributed by atoms with Gasteiger partial charge < -0.3 is 10.1 Å². The van der Waals surface area contributed by atoms with Crippen LogP contribution in [0.15, 0.2) is 41.8 Å². The zero-order valence-corrected chi connectivity index (χ0v) is 21.8. The van der Waals surface area contributed by atoms with Crippen molar-refractivity contribution in [1.29, 1.82) is 0 Å². The van der Waals surface area contributed by atoms with E-state index in [2.05, 4.69) is 22.5 Å². The average molecular weight is 531 g/mol. The number of benzene rings is 1. The summed E-state index contributed by atoms with van der Waals surface area (Å²) in [4.78, 5) is 34.1. The standard InChI is InChI=1S/C25H27ClN4O3S2/c1-16-8-10-29(11-9-16)13-18-15-34-24(28-18)17-2-4-19(5-3-17)30-14-20(33-25(30)32)12-27-23(31)21-6-7-22(26)35-21/h2-7,15-16,20H,8-14H2,1H3,(H,27,31)/t20-/m0/s1. The Labute approximate surface area is 217 Å². The predicted octanol–water partition coefficient (Wildman–Crippen LogP) is 5.51. The summed E-state index contributed by atoms with van der Waals surface area (Å²) in [6, 6.07) is 11.2. The monoisotopic (exact) mass is 530 g/mol. The number of thiazole rings is 1. The van der Waals surface area contributed by atoms with E-state index >= 15 is 0 Å². The maximum absolute atomic E-state index is 12.4. The number of cyclic esters (lactones) is 1. The summed E-state index contributed by atoms with van der Waals surface area (Å²) in [5.41, 5.74) is 2.90. The summed E-state index contributed by atoms with van der Waals surface area (Å²) in [5.74, 6) is 0.599. The fourth-order valence-corrected chi connectivity index (χ4v) is 6.09. The summed E-state index contributed by atoms with van der Waals surface area (Å²) >= 11 is 8.75. The lowest BCUT2D eigenvalue weighted by Crippen LogP contribution is -2.34. The molecule has 184 valence electrons. The number of hydrogen-bond donors (Lipinski definition) is 1. The number of piperidine rings is 1. The molecule has 4 heterocycles. The van der Waals surface area contributed by atoms with Crippen LogP contribution in [0.3, 0.4) is 0 Å². The largest absolute Gasteiger partial charge is 0.442 e. The van der Waals surface area contributed by atoms with Crippen LogP contribution in [0, 0.1) is 5.92 Å². The van der Waals surface area contributed by atoms with Gasteiger partial charge in [-0.15, -0.1) is 22.7 Å². The van der Waals surface area contributed by atoms with E-state index in [1.165, 1.54) is 24.2 Å². The minimum atomic E-state index is -0.416. The lowest BCUT2D eigenvalue weighted by atomic mass is 9.99. The lowest BCUT2D eigenvalue weighted by molar-refractivity contribution is 0.0920. The van der Waals surface area contributed by atoms with E-state index in [9.17, 15) is 9.59 Å². The van der Waals surface area contributed by atoms with Crippen LogP contribution >= 0.6 is 34.3 Å². The number of carbonyl (C=O) groups excluding carboxylic acids is 2. The van der Waals surface area contributed by atoms with Gasteiger partial charge in [-0.3, -0.25) is 14.6 Å². The molecule has 5 rings (SSSR count). The van der Waals surface area contributed by atoms with Gasteiger partial charge in [-0.2, -0.15) is 0 Å². The van der Waals surface area contributed by atoms with E-state index in [0.717, 1.165) is 47.5 Å². The molecule has 0 spiro atoms. The Morgan fingerprint density at radius 3 is 2.69 bits per heavy atom. The zero-order valence-electron chi connectivity index (χ0n) is 19.4. The van der Waals surface area contributed by atoms with Crippen LogP contribution in [0.5, 0.6) is 0 Å². The molecule has 2 aliphatic heterocycles. The number of thiophene rings is 1. The van der Waals surface area contributed by atoms with Crippen molar-refractivity contribution in [3.63, 3.8) is 0 Å². The van der Waals surface area contributed by atoms with Gasteiger partial charge in [0.25, 0.3) is 5.91 Å². The van der Waals surface area contributed by atoms with Gasteiger partial charge >= 0.3 is 6.09 Å². The summed E-state index contributed by atoms with van der Waals surface area (Å²) < 4.78 is 6.01. The molecule has 0 unspecified atom stereocenters. The molecule has 0 bridgehead atoms. The highest BCUT2D eigenvalue weighted by Gasteiger charge is 2.32. The van der Waals surface area contributed by atoms with Crippen LogP contribution in [0.2, 0.25) is 4.34 Å². The first kappa shape index (κ1) is 24.2. The van der Waals surface area contributed by atoms with Gasteiger partial charge in [-0.1, -0.05) is 18.5 Å². The second kappa shape index (κ2) is 10.7. The van der Waals surface area contributed by atoms with Crippen LogP contribution < -0.4 is 10.2 Å². The minimum absolute atomic E-state index is 0.224. The van der Waals surface area contributed by atoms with Gasteiger partial charge in [0.05, 0.1) is 28.0 Å². The third-order valence-electron chi connectivity index (χ3n) is 6.40. The maximum Gasteiger partial charge on any atom is 0.414 e. The Bertz CT molecular complexity index is 1190. The summed E-state index contributed by atoms with van der Waals surface area (Å²) in [6.07, 6.45) is 1.69. The molecular weight excluding hydrogens is 504 g/mol. The zero-order chi connectivity index (χ0) is 24.4. The Balaban J connectivity index is 1.15. The fourth-order valence-electron chi connectivity index (χ4n) is 4.31. The van der Waals surface area contributed by atoms with Crippen LogP contribution in [0.25, 0.3) is 10.6 Å². The van der Waals surface area contributed by atoms with Gasteiger partial charge in [0, 0.05) is 23.2 Å². The smallest absolute Gasteiger partial charge is 0.414 e. The van der Waals surface area contributed by atoms with Crippen LogP contribution in [-0.4, -0.2) is 54.2 Å². The molecule has 0 aliphatic carbocycles. The predicted molar refractivity (Wildman–Crippen MR) is 141 cm³/mol. The van der Waals surface area contributed by atoms with Crippen molar-refractivity contribution in [1.82, 2.24) is 15.2 Å². The van der Waals surface area contributed by atoms with Crippen molar-refractivity contribution in [2.24, 2.45) is 5.92 Å². The van der Waals surface area contributed by atoms with Crippen LogP contribution in [-0.2, 0) is 11.3 Å². The first-order valence-corrected chi connectivity index (χ1v) is 13.8. The van der Waals surface area contributed by atoms with Crippen molar-refractivity contribution in [2.45, 2.75) is 32.4 Å². The molecule has 7 nitrogen and oxygen atoms in total. The number of nitrogens with zero attached hydrogens (tertiary/aromatic N) is 3. The lowest BCUT2D eigenvalue weighted by Gasteiger charge is -2.29. The molecule has 0 saturated carbocycles. The molecule has 0 radical (unpaired) electrons.